The van der Waals surface area contributed by atoms with E-state index >= 15 is 0 Å². The van der Waals surface area contributed by atoms with Crippen LogP contribution in [0.15, 0.2) is 59.5 Å². The number of carbonyl (C=O) groups is 1. The smallest absolute Gasteiger partial charge is 0.185 e. The van der Waals surface area contributed by atoms with E-state index in [-0.39, 0.29) is 5.78 Å². The molecule has 0 bridgehead atoms. The lowest BCUT2D eigenvalue weighted by Gasteiger charge is -2.04. The molecule has 0 aliphatic rings. The Balaban J connectivity index is 1.77. The fourth-order valence-corrected chi connectivity index (χ4v) is 3.73. The third-order valence-corrected chi connectivity index (χ3v) is 5.82. The van der Waals surface area contributed by atoms with Crippen molar-refractivity contribution < 1.29 is 4.79 Å². The first-order valence-corrected chi connectivity index (χ1v) is 11.9. The number of rotatable bonds is 13. The van der Waals surface area contributed by atoms with Gasteiger partial charge in [0.05, 0.1) is 0 Å². The summed E-state index contributed by atoms with van der Waals surface area (Å²) in [6, 6.07) is 16.4. The molecule has 0 amide bonds. The average Bonchev–Trinajstić information content (AvgIpc) is 2.74. The van der Waals surface area contributed by atoms with Crippen molar-refractivity contribution in [2.75, 3.05) is 6.26 Å². The molecule has 0 unspecified atom stereocenters. The molecule has 2 aromatic carbocycles. The van der Waals surface area contributed by atoms with Gasteiger partial charge in [0.2, 0.25) is 0 Å². The van der Waals surface area contributed by atoms with E-state index in [1.807, 2.05) is 30.3 Å². The van der Waals surface area contributed by atoms with Gasteiger partial charge >= 0.3 is 0 Å². The van der Waals surface area contributed by atoms with E-state index in [1.165, 1.54) is 61.8 Å². The van der Waals surface area contributed by atoms with Crippen molar-refractivity contribution in [2.45, 2.75) is 69.6 Å². The number of aryl methyl sites for hydroxylation is 1. The van der Waals surface area contributed by atoms with Gasteiger partial charge in [0.25, 0.3) is 0 Å². The number of ketones is 1. The second-order valence-electron chi connectivity index (χ2n) is 7.40. The van der Waals surface area contributed by atoms with Gasteiger partial charge in [-0.05, 0) is 54.5 Å². The average molecular weight is 395 g/mol. The van der Waals surface area contributed by atoms with Crippen molar-refractivity contribution in [1.29, 1.82) is 0 Å². The lowest BCUT2D eigenvalue weighted by Crippen LogP contribution is -1.96. The van der Waals surface area contributed by atoms with Crippen LogP contribution in [0.3, 0.4) is 0 Å². The molecule has 0 aliphatic carbocycles. The van der Waals surface area contributed by atoms with E-state index in [2.05, 4.69) is 37.4 Å². The van der Waals surface area contributed by atoms with Crippen molar-refractivity contribution in [1.82, 2.24) is 0 Å². The summed E-state index contributed by atoms with van der Waals surface area (Å²) in [6.07, 6.45) is 17.4. The summed E-state index contributed by atoms with van der Waals surface area (Å²) in [5, 5.41) is 0. The molecule has 2 rings (SSSR count). The fourth-order valence-electron chi connectivity index (χ4n) is 3.33. The first kappa shape index (κ1) is 22.5. The molecular formula is C26H34OS. The number of benzene rings is 2. The van der Waals surface area contributed by atoms with Gasteiger partial charge in [-0.3, -0.25) is 4.79 Å². The van der Waals surface area contributed by atoms with Crippen LogP contribution in [0.1, 0.15) is 79.8 Å². The van der Waals surface area contributed by atoms with Crippen molar-refractivity contribution in [3.05, 3.63) is 71.3 Å². The topological polar surface area (TPSA) is 17.1 Å². The van der Waals surface area contributed by atoms with Crippen molar-refractivity contribution in [3.63, 3.8) is 0 Å². The molecule has 0 aromatic heterocycles. The van der Waals surface area contributed by atoms with Gasteiger partial charge in [0.1, 0.15) is 0 Å². The first-order chi connectivity index (χ1) is 13.7. The van der Waals surface area contributed by atoms with Gasteiger partial charge in [0.15, 0.2) is 5.78 Å². The van der Waals surface area contributed by atoms with E-state index in [0.29, 0.717) is 0 Å². The predicted octanol–water partition coefficient (Wildman–Crippen LogP) is 7.99. The van der Waals surface area contributed by atoms with Crippen molar-refractivity contribution in [3.8, 4) is 0 Å². The molecule has 0 atom stereocenters. The third kappa shape index (κ3) is 8.48. The molecule has 0 aliphatic heterocycles. The van der Waals surface area contributed by atoms with Gasteiger partial charge in [-0.2, -0.15) is 0 Å². The lowest BCUT2D eigenvalue weighted by molar-refractivity contribution is 0.104. The van der Waals surface area contributed by atoms with Gasteiger partial charge in [-0.1, -0.05) is 88.3 Å². The second-order valence-corrected chi connectivity index (χ2v) is 8.28. The summed E-state index contributed by atoms with van der Waals surface area (Å²) in [6.45, 7) is 2.26. The number of hydrogen-bond donors (Lipinski definition) is 0. The Kier molecular flexibility index (Phi) is 10.8. The Bertz CT molecular complexity index is 730. The van der Waals surface area contributed by atoms with Gasteiger partial charge in [0, 0.05) is 10.5 Å². The zero-order chi connectivity index (χ0) is 20.0. The molecule has 0 saturated carbocycles. The van der Waals surface area contributed by atoms with Crippen molar-refractivity contribution >= 4 is 23.6 Å². The summed E-state index contributed by atoms with van der Waals surface area (Å²) in [5.74, 6) is 0.0757. The molecule has 2 aromatic rings. The maximum Gasteiger partial charge on any atom is 0.185 e. The molecule has 0 saturated heterocycles. The Morgan fingerprint density at radius 3 is 2.25 bits per heavy atom. The number of thioether (sulfide) groups is 1. The zero-order valence-corrected chi connectivity index (χ0v) is 18.3. The van der Waals surface area contributed by atoms with E-state index in [9.17, 15) is 4.79 Å². The molecule has 1 nitrogen and oxygen atoms in total. The van der Waals surface area contributed by atoms with E-state index in [0.717, 1.165) is 17.5 Å². The van der Waals surface area contributed by atoms with E-state index in [4.69, 9.17) is 0 Å². The van der Waals surface area contributed by atoms with Gasteiger partial charge in [-0.15, -0.1) is 11.8 Å². The normalized spacial score (nSPS) is 11.2. The Hall–Kier alpha value is -1.80. The second kappa shape index (κ2) is 13.4. The largest absolute Gasteiger partial charge is 0.289 e. The summed E-state index contributed by atoms with van der Waals surface area (Å²) in [4.78, 5) is 13.7. The minimum atomic E-state index is 0.0757. The highest BCUT2D eigenvalue weighted by atomic mass is 32.2. The Morgan fingerprint density at radius 2 is 1.57 bits per heavy atom. The number of allylic oxidation sites excluding steroid dienone is 1. The van der Waals surface area contributed by atoms with Crippen LogP contribution in [0.25, 0.3) is 6.08 Å². The SMILES string of the molecule is CCCCCCCCCCc1cccc(C(=O)C=Cc2ccc(SC)cc2)c1. The standard InChI is InChI=1S/C26H34OS/c1-3-4-5-6-7-8-9-10-12-23-13-11-14-24(21-23)26(27)20-17-22-15-18-25(28-2)19-16-22/h11,13-21H,3-10,12H2,1-2H3. The zero-order valence-electron chi connectivity index (χ0n) is 17.5. The van der Waals surface area contributed by atoms with Crippen LogP contribution >= 0.6 is 11.8 Å². The monoisotopic (exact) mass is 394 g/mol. The van der Waals surface area contributed by atoms with E-state index in [1.54, 1.807) is 17.8 Å². The van der Waals surface area contributed by atoms with Crippen LogP contribution in [0.2, 0.25) is 0 Å². The van der Waals surface area contributed by atoms with Crippen LogP contribution in [-0.2, 0) is 6.42 Å². The predicted molar refractivity (Wildman–Crippen MR) is 124 cm³/mol. The minimum absolute atomic E-state index is 0.0757. The fraction of sp³-hybridized carbons (Fsp3) is 0.423. The van der Waals surface area contributed by atoms with Crippen LogP contribution in [0, 0.1) is 0 Å². The number of hydrogen-bond acceptors (Lipinski definition) is 2. The lowest BCUT2D eigenvalue weighted by atomic mass is 10.0. The van der Waals surface area contributed by atoms with Crippen LogP contribution in [0.4, 0.5) is 0 Å². The summed E-state index contributed by atoms with van der Waals surface area (Å²) in [5.41, 5.74) is 3.12. The molecule has 2 heteroatoms. The Morgan fingerprint density at radius 1 is 0.893 bits per heavy atom. The number of unbranched alkanes of at least 4 members (excludes halogenated alkanes) is 7. The highest BCUT2D eigenvalue weighted by molar-refractivity contribution is 7.98. The quantitative estimate of drug-likeness (QED) is 0.148. The van der Waals surface area contributed by atoms with Gasteiger partial charge in [-0.25, -0.2) is 0 Å². The minimum Gasteiger partial charge on any atom is -0.289 e. The number of carbonyl (C=O) groups excluding carboxylic acids is 1. The molecule has 0 N–H and O–H groups in total. The Labute approximate surface area is 175 Å². The highest BCUT2D eigenvalue weighted by Gasteiger charge is 2.03. The maximum absolute atomic E-state index is 12.5. The molecule has 0 fully saturated rings. The van der Waals surface area contributed by atoms with Gasteiger partial charge < -0.3 is 0 Å². The third-order valence-electron chi connectivity index (χ3n) is 5.07. The van der Waals surface area contributed by atoms with Crippen LogP contribution in [0.5, 0.6) is 0 Å². The van der Waals surface area contributed by atoms with Crippen LogP contribution < -0.4 is 0 Å². The maximum atomic E-state index is 12.5. The summed E-state index contributed by atoms with van der Waals surface area (Å²) >= 11 is 1.72. The molecule has 0 radical (unpaired) electrons. The highest BCUT2D eigenvalue weighted by Crippen LogP contribution is 2.16. The summed E-state index contributed by atoms with van der Waals surface area (Å²) < 4.78 is 0. The van der Waals surface area contributed by atoms with Crippen molar-refractivity contribution in [2.24, 2.45) is 0 Å². The molecule has 28 heavy (non-hydrogen) atoms. The molecular weight excluding hydrogens is 360 g/mol. The van der Waals surface area contributed by atoms with Crippen LogP contribution in [-0.4, -0.2) is 12.0 Å². The molecule has 0 spiro atoms. The molecule has 0 heterocycles. The van der Waals surface area contributed by atoms with E-state index < -0.39 is 0 Å². The molecule has 150 valence electrons. The summed E-state index contributed by atoms with van der Waals surface area (Å²) in [7, 11) is 0. The first-order valence-electron chi connectivity index (χ1n) is 10.7.